The van der Waals surface area contributed by atoms with Gasteiger partial charge in [-0.15, -0.1) is 0 Å². The predicted molar refractivity (Wildman–Crippen MR) is 66.9 cm³/mol. The van der Waals surface area contributed by atoms with E-state index in [1.54, 1.807) is 20.2 Å². The van der Waals surface area contributed by atoms with Crippen LogP contribution in [-0.2, 0) is 11.2 Å². The first kappa shape index (κ1) is 15.2. The van der Waals surface area contributed by atoms with Crippen LogP contribution in [0.1, 0.15) is 12.0 Å². The van der Waals surface area contributed by atoms with E-state index in [4.69, 9.17) is 5.11 Å². The zero-order valence-electron chi connectivity index (χ0n) is 10.5. The van der Waals surface area contributed by atoms with E-state index < -0.39 is 0 Å². The van der Waals surface area contributed by atoms with Crippen molar-refractivity contribution in [3.8, 4) is 11.5 Å². The van der Waals surface area contributed by atoms with Crippen LogP contribution in [0.3, 0.4) is 0 Å². The summed E-state index contributed by atoms with van der Waals surface area (Å²) >= 11 is 0. The van der Waals surface area contributed by atoms with Crippen LogP contribution in [0.5, 0.6) is 11.5 Å². The Morgan fingerprint density at radius 2 is 1.82 bits per heavy atom. The summed E-state index contributed by atoms with van der Waals surface area (Å²) in [4.78, 5) is 12.8. The van der Waals surface area contributed by atoms with Crippen LogP contribution in [0.4, 0.5) is 0 Å². The molecule has 0 spiro atoms. The highest BCUT2D eigenvalue weighted by molar-refractivity contribution is 5.75. The molecule has 0 bridgehead atoms. The summed E-state index contributed by atoms with van der Waals surface area (Å²) in [6, 6.07) is 4.58. The number of aromatic hydroxyl groups is 2. The van der Waals surface area contributed by atoms with Crippen molar-refractivity contribution in [3.63, 3.8) is 0 Å². The van der Waals surface area contributed by atoms with E-state index in [0.717, 1.165) is 5.56 Å². The molecule has 1 aromatic carbocycles. The topological polar surface area (TPSA) is 86.8 Å². The summed E-state index contributed by atoms with van der Waals surface area (Å²) in [5.74, 6) is -0.245. The number of phenolic OH excluding ortho intramolecular Hbond substituents is 2. The molecule has 96 valence electrons. The van der Waals surface area contributed by atoms with Crippen LogP contribution < -0.4 is 5.73 Å². The minimum atomic E-state index is -0.148. The second-order valence-corrected chi connectivity index (χ2v) is 3.61. The Kier molecular flexibility index (Phi) is 6.74. The van der Waals surface area contributed by atoms with Gasteiger partial charge in [0.25, 0.3) is 0 Å². The predicted octanol–water partition coefficient (Wildman–Crippen LogP) is 0.693. The van der Waals surface area contributed by atoms with E-state index in [-0.39, 0.29) is 17.4 Å². The molecule has 0 aliphatic rings. The summed E-state index contributed by atoms with van der Waals surface area (Å²) in [5, 5.41) is 18.3. The average molecular weight is 240 g/mol. The molecule has 0 heterocycles. The number of hydrogen-bond donors (Lipinski definition) is 3. The number of amides is 1. The molecule has 0 aliphatic heterocycles. The standard InChI is InChI=1S/C11H15NO3.CH5N/c1-12(2)11(15)6-4-8-3-5-9(13)10(14)7-8;1-2/h3,5,7,13-14H,4,6H2,1-2H3;2H2,1H3. The molecule has 0 aliphatic carbocycles. The van der Waals surface area contributed by atoms with E-state index in [0.29, 0.717) is 12.8 Å². The molecule has 5 nitrogen and oxygen atoms in total. The lowest BCUT2D eigenvalue weighted by Gasteiger charge is -2.09. The van der Waals surface area contributed by atoms with Crippen LogP contribution >= 0.6 is 0 Å². The van der Waals surface area contributed by atoms with Crippen LogP contribution in [0.2, 0.25) is 0 Å². The Hall–Kier alpha value is -1.75. The number of nitrogens with zero attached hydrogens (tertiary/aromatic N) is 1. The molecule has 0 saturated heterocycles. The molecule has 0 unspecified atom stereocenters. The summed E-state index contributed by atoms with van der Waals surface area (Å²) in [6.45, 7) is 0. The number of phenols is 2. The molecular weight excluding hydrogens is 220 g/mol. The number of rotatable bonds is 3. The highest BCUT2D eigenvalue weighted by Gasteiger charge is 2.05. The van der Waals surface area contributed by atoms with E-state index in [2.05, 4.69) is 5.73 Å². The van der Waals surface area contributed by atoms with Crippen LogP contribution in [0.15, 0.2) is 18.2 Å². The maximum absolute atomic E-state index is 11.3. The number of benzene rings is 1. The zero-order chi connectivity index (χ0) is 13.4. The number of carbonyl (C=O) groups excluding carboxylic acids is 1. The van der Waals surface area contributed by atoms with Crippen molar-refractivity contribution < 1.29 is 15.0 Å². The van der Waals surface area contributed by atoms with Crippen molar-refractivity contribution >= 4 is 5.91 Å². The van der Waals surface area contributed by atoms with Gasteiger partial charge in [0, 0.05) is 20.5 Å². The Morgan fingerprint density at radius 3 is 2.29 bits per heavy atom. The van der Waals surface area contributed by atoms with E-state index >= 15 is 0 Å². The first-order valence-corrected chi connectivity index (χ1v) is 5.29. The fourth-order valence-electron chi connectivity index (χ4n) is 1.20. The Labute approximate surface area is 101 Å². The lowest BCUT2D eigenvalue weighted by atomic mass is 10.1. The van der Waals surface area contributed by atoms with Crippen molar-refractivity contribution in [2.75, 3.05) is 21.1 Å². The fraction of sp³-hybridized carbons (Fsp3) is 0.417. The molecule has 0 atom stereocenters. The first-order chi connectivity index (χ1) is 8.00. The lowest BCUT2D eigenvalue weighted by molar-refractivity contribution is -0.128. The van der Waals surface area contributed by atoms with E-state index in [1.807, 2.05) is 0 Å². The van der Waals surface area contributed by atoms with E-state index in [1.165, 1.54) is 24.1 Å². The Balaban J connectivity index is 0.00000121. The minimum absolute atomic E-state index is 0.0440. The smallest absolute Gasteiger partial charge is 0.222 e. The summed E-state index contributed by atoms with van der Waals surface area (Å²) in [5.41, 5.74) is 5.33. The molecule has 1 rings (SSSR count). The van der Waals surface area contributed by atoms with Crippen molar-refractivity contribution in [3.05, 3.63) is 23.8 Å². The van der Waals surface area contributed by atoms with Gasteiger partial charge in [0.15, 0.2) is 11.5 Å². The maximum Gasteiger partial charge on any atom is 0.222 e. The molecule has 0 aromatic heterocycles. The largest absolute Gasteiger partial charge is 0.504 e. The Bertz CT molecular complexity index is 365. The quantitative estimate of drug-likeness (QED) is 0.678. The van der Waals surface area contributed by atoms with Gasteiger partial charge < -0.3 is 20.8 Å². The molecule has 0 saturated carbocycles. The van der Waals surface area contributed by atoms with Gasteiger partial charge in [-0.25, -0.2) is 0 Å². The molecule has 4 N–H and O–H groups in total. The number of hydrogen-bond acceptors (Lipinski definition) is 4. The van der Waals surface area contributed by atoms with Crippen LogP contribution in [0.25, 0.3) is 0 Å². The third-order valence-electron chi connectivity index (χ3n) is 2.17. The molecular formula is C12H20N2O3. The van der Waals surface area contributed by atoms with Crippen molar-refractivity contribution in [1.29, 1.82) is 0 Å². The van der Waals surface area contributed by atoms with Gasteiger partial charge in [-0.3, -0.25) is 4.79 Å². The normalized spacial score (nSPS) is 9.18. The third-order valence-corrected chi connectivity index (χ3v) is 2.17. The third kappa shape index (κ3) is 5.21. The molecule has 0 radical (unpaired) electrons. The summed E-state index contributed by atoms with van der Waals surface area (Å²) in [7, 11) is 4.91. The summed E-state index contributed by atoms with van der Waals surface area (Å²) in [6.07, 6.45) is 0.960. The van der Waals surface area contributed by atoms with Crippen molar-refractivity contribution in [1.82, 2.24) is 4.90 Å². The van der Waals surface area contributed by atoms with Crippen LogP contribution in [-0.4, -0.2) is 42.2 Å². The summed E-state index contributed by atoms with van der Waals surface area (Å²) < 4.78 is 0. The van der Waals surface area contributed by atoms with Crippen LogP contribution in [0, 0.1) is 0 Å². The van der Waals surface area contributed by atoms with Gasteiger partial charge in [-0.2, -0.15) is 0 Å². The van der Waals surface area contributed by atoms with Gasteiger partial charge in [0.05, 0.1) is 0 Å². The molecule has 1 amide bonds. The second-order valence-electron chi connectivity index (χ2n) is 3.61. The zero-order valence-corrected chi connectivity index (χ0v) is 10.5. The second kappa shape index (κ2) is 7.51. The molecule has 1 aromatic rings. The highest BCUT2D eigenvalue weighted by atomic mass is 16.3. The average Bonchev–Trinajstić information content (AvgIpc) is 2.32. The lowest BCUT2D eigenvalue weighted by Crippen LogP contribution is -2.21. The molecule has 0 fully saturated rings. The highest BCUT2D eigenvalue weighted by Crippen LogP contribution is 2.25. The minimum Gasteiger partial charge on any atom is -0.504 e. The van der Waals surface area contributed by atoms with Crippen molar-refractivity contribution in [2.24, 2.45) is 5.73 Å². The van der Waals surface area contributed by atoms with Gasteiger partial charge in [-0.05, 0) is 31.2 Å². The monoisotopic (exact) mass is 240 g/mol. The number of nitrogens with two attached hydrogens (primary N) is 1. The van der Waals surface area contributed by atoms with E-state index in [9.17, 15) is 9.90 Å². The first-order valence-electron chi connectivity index (χ1n) is 5.29. The number of carbonyl (C=O) groups is 1. The molecule has 17 heavy (non-hydrogen) atoms. The van der Waals surface area contributed by atoms with Crippen molar-refractivity contribution in [2.45, 2.75) is 12.8 Å². The maximum atomic E-state index is 11.3. The fourth-order valence-corrected chi connectivity index (χ4v) is 1.20. The number of aryl methyl sites for hydroxylation is 1. The van der Waals surface area contributed by atoms with Gasteiger partial charge >= 0.3 is 0 Å². The SMILES string of the molecule is CN.CN(C)C(=O)CCc1ccc(O)c(O)c1. The van der Waals surface area contributed by atoms with Gasteiger partial charge in [0.2, 0.25) is 5.91 Å². The van der Waals surface area contributed by atoms with Gasteiger partial charge in [-0.1, -0.05) is 6.07 Å². The Morgan fingerprint density at radius 1 is 1.24 bits per heavy atom. The van der Waals surface area contributed by atoms with Gasteiger partial charge in [0.1, 0.15) is 0 Å². The molecule has 5 heteroatoms.